The third kappa shape index (κ3) is 1.42. The van der Waals surface area contributed by atoms with Crippen LogP contribution < -0.4 is 5.32 Å². The number of likely N-dealkylation sites (N-methyl/N-ethyl adjacent to an activating group) is 1. The first-order chi connectivity index (χ1) is 7.29. The molecular formula is C12H17ClN2. The normalized spacial score (nSPS) is 39.2. The van der Waals surface area contributed by atoms with E-state index in [1.807, 2.05) is 0 Å². The Labute approximate surface area is 96.0 Å². The number of halogens is 1. The fourth-order valence-electron chi connectivity index (χ4n) is 3.18. The maximum Gasteiger partial charge on any atom is 0.120 e. The summed E-state index contributed by atoms with van der Waals surface area (Å²) in [5, 5.41) is 3.43. The molecule has 2 heterocycles. The Morgan fingerprint density at radius 3 is 3.27 bits per heavy atom. The molecule has 0 aromatic carbocycles. The molecule has 15 heavy (non-hydrogen) atoms. The highest BCUT2D eigenvalue weighted by Gasteiger charge is 2.40. The van der Waals surface area contributed by atoms with Crippen LogP contribution in [0.25, 0.3) is 0 Å². The van der Waals surface area contributed by atoms with E-state index in [0.717, 1.165) is 12.5 Å². The highest BCUT2D eigenvalue weighted by Crippen LogP contribution is 2.42. The minimum atomic E-state index is -0.00169. The minimum Gasteiger partial charge on any atom is -0.369 e. The van der Waals surface area contributed by atoms with Crippen molar-refractivity contribution in [3.63, 3.8) is 0 Å². The average molecular weight is 225 g/mol. The standard InChI is InChI=1S/C12H17ClN2/c1-2-15-6-5-8-7-10(15)9-3-4-11(13)14-12(8)9/h3-4,8,10-11,14H,2,5-7H2,1H3. The van der Waals surface area contributed by atoms with Gasteiger partial charge in [-0.2, -0.15) is 0 Å². The molecule has 0 radical (unpaired) electrons. The molecule has 1 N–H and O–H groups in total. The molecular weight excluding hydrogens is 208 g/mol. The van der Waals surface area contributed by atoms with Gasteiger partial charge < -0.3 is 5.32 Å². The molecule has 2 aliphatic heterocycles. The van der Waals surface area contributed by atoms with E-state index in [9.17, 15) is 0 Å². The van der Waals surface area contributed by atoms with E-state index in [0.29, 0.717) is 6.04 Å². The summed E-state index contributed by atoms with van der Waals surface area (Å²) < 4.78 is 0. The minimum absolute atomic E-state index is 0.00169. The number of allylic oxidation sites excluding steroid dienone is 1. The molecule has 0 saturated carbocycles. The third-order valence-corrected chi connectivity index (χ3v) is 4.19. The molecule has 3 unspecified atom stereocenters. The summed E-state index contributed by atoms with van der Waals surface area (Å²) in [6.45, 7) is 4.65. The van der Waals surface area contributed by atoms with E-state index in [4.69, 9.17) is 11.6 Å². The number of likely N-dealkylation sites (tertiary alicyclic amines) is 1. The van der Waals surface area contributed by atoms with Gasteiger partial charge in [-0.3, -0.25) is 4.90 Å². The number of dihydropyridines is 1. The summed E-state index contributed by atoms with van der Waals surface area (Å²) in [4.78, 5) is 2.58. The second kappa shape index (κ2) is 3.53. The molecule has 1 saturated heterocycles. The Balaban J connectivity index is 1.93. The van der Waals surface area contributed by atoms with Crippen LogP contribution in [0.15, 0.2) is 23.4 Å². The van der Waals surface area contributed by atoms with Gasteiger partial charge in [0.15, 0.2) is 0 Å². The Bertz CT molecular complexity index is 335. The lowest BCUT2D eigenvalue weighted by Crippen LogP contribution is -2.39. The van der Waals surface area contributed by atoms with Crippen molar-refractivity contribution < 1.29 is 0 Å². The van der Waals surface area contributed by atoms with Gasteiger partial charge in [-0.05, 0) is 37.6 Å². The van der Waals surface area contributed by atoms with Gasteiger partial charge in [0.05, 0.1) is 0 Å². The molecule has 2 bridgehead atoms. The smallest absolute Gasteiger partial charge is 0.120 e. The van der Waals surface area contributed by atoms with E-state index in [1.165, 1.54) is 30.7 Å². The predicted octanol–water partition coefficient (Wildman–Crippen LogP) is 2.08. The molecule has 1 fully saturated rings. The molecule has 82 valence electrons. The SMILES string of the molecule is CCN1CCC2CC1C1=C2NC(Cl)C=C1. The van der Waals surface area contributed by atoms with Gasteiger partial charge in [0.2, 0.25) is 0 Å². The maximum absolute atomic E-state index is 6.10. The number of hydrogen-bond acceptors (Lipinski definition) is 2. The molecule has 0 spiro atoms. The first kappa shape index (κ1) is 9.73. The van der Waals surface area contributed by atoms with Crippen LogP contribution in [0.4, 0.5) is 0 Å². The zero-order valence-corrected chi connectivity index (χ0v) is 9.80. The number of nitrogens with one attached hydrogen (secondary N) is 1. The Morgan fingerprint density at radius 2 is 2.47 bits per heavy atom. The first-order valence-electron chi connectivity index (χ1n) is 5.86. The molecule has 3 aliphatic rings. The second-order valence-electron chi connectivity index (χ2n) is 4.64. The lowest BCUT2D eigenvalue weighted by molar-refractivity contribution is 0.173. The number of alkyl halides is 1. The van der Waals surface area contributed by atoms with Crippen LogP contribution in [0.1, 0.15) is 19.8 Å². The van der Waals surface area contributed by atoms with Crippen molar-refractivity contribution in [2.75, 3.05) is 13.1 Å². The number of fused-ring (bicyclic) bond motifs is 4. The lowest BCUT2D eigenvalue weighted by Gasteiger charge is -2.33. The van der Waals surface area contributed by atoms with Crippen LogP contribution in [0.5, 0.6) is 0 Å². The Morgan fingerprint density at radius 1 is 1.60 bits per heavy atom. The van der Waals surface area contributed by atoms with Crippen LogP contribution >= 0.6 is 11.6 Å². The van der Waals surface area contributed by atoms with Crippen molar-refractivity contribution in [1.82, 2.24) is 10.2 Å². The Hall–Kier alpha value is -0.470. The van der Waals surface area contributed by atoms with E-state index in [2.05, 4.69) is 29.3 Å². The fraction of sp³-hybridized carbons (Fsp3) is 0.667. The summed E-state index contributed by atoms with van der Waals surface area (Å²) >= 11 is 6.10. The van der Waals surface area contributed by atoms with Crippen molar-refractivity contribution in [2.24, 2.45) is 5.92 Å². The summed E-state index contributed by atoms with van der Waals surface area (Å²) in [5.41, 5.74) is 2.92. The van der Waals surface area contributed by atoms with Crippen molar-refractivity contribution in [1.29, 1.82) is 0 Å². The van der Waals surface area contributed by atoms with Gasteiger partial charge in [-0.15, -0.1) is 0 Å². The van der Waals surface area contributed by atoms with E-state index < -0.39 is 0 Å². The third-order valence-electron chi connectivity index (χ3n) is 3.94. The molecule has 3 heteroatoms. The van der Waals surface area contributed by atoms with E-state index >= 15 is 0 Å². The number of hydrogen-bond donors (Lipinski definition) is 1. The average Bonchev–Trinajstić information content (AvgIpc) is 2.54. The molecule has 0 aromatic rings. The van der Waals surface area contributed by atoms with Gasteiger partial charge in [0.1, 0.15) is 5.50 Å². The summed E-state index contributed by atoms with van der Waals surface area (Å²) in [7, 11) is 0. The van der Waals surface area contributed by atoms with Gasteiger partial charge in [-0.25, -0.2) is 0 Å². The predicted molar refractivity (Wildman–Crippen MR) is 62.7 cm³/mol. The van der Waals surface area contributed by atoms with Gasteiger partial charge in [0, 0.05) is 17.7 Å². The molecule has 0 aromatic heterocycles. The largest absolute Gasteiger partial charge is 0.369 e. The summed E-state index contributed by atoms with van der Waals surface area (Å²) in [6, 6.07) is 0.650. The number of rotatable bonds is 1. The molecule has 1 aliphatic carbocycles. The highest BCUT2D eigenvalue weighted by molar-refractivity contribution is 6.21. The molecule has 2 nitrogen and oxygen atoms in total. The van der Waals surface area contributed by atoms with Crippen molar-refractivity contribution in [2.45, 2.75) is 31.3 Å². The molecule has 3 rings (SSSR count). The molecule has 3 atom stereocenters. The van der Waals surface area contributed by atoms with Crippen LogP contribution in [-0.2, 0) is 0 Å². The number of piperidine rings is 1. The van der Waals surface area contributed by atoms with Crippen molar-refractivity contribution >= 4 is 11.6 Å². The first-order valence-corrected chi connectivity index (χ1v) is 6.30. The van der Waals surface area contributed by atoms with Crippen molar-refractivity contribution in [3.05, 3.63) is 23.4 Å². The molecule has 0 amide bonds. The maximum atomic E-state index is 6.10. The Kier molecular flexibility index (Phi) is 2.29. The quantitative estimate of drug-likeness (QED) is 0.542. The monoisotopic (exact) mass is 224 g/mol. The van der Waals surface area contributed by atoms with Crippen LogP contribution in [0.3, 0.4) is 0 Å². The fourth-order valence-corrected chi connectivity index (χ4v) is 3.37. The second-order valence-corrected chi connectivity index (χ2v) is 5.11. The van der Waals surface area contributed by atoms with Crippen molar-refractivity contribution in [3.8, 4) is 0 Å². The summed E-state index contributed by atoms with van der Waals surface area (Å²) in [6.07, 6.45) is 6.88. The van der Waals surface area contributed by atoms with Gasteiger partial charge in [-0.1, -0.05) is 24.6 Å². The topological polar surface area (TPSA) is 15.3 Å². The zero-order valence-electron chi connectivity index (χ0n) is 9.04. The zero-order chi connectivity index (χ0) is 10.4. The van der Waals surface area contributed by atoms with Gasteiger partial charge >= 0.3 is 0 Å². The van der Waals surface area contributed by atoms with E-state index in [-0.39, 0.29) is 5.50 Å². The van der Waals surface area contributed by atoms with Crippen LogP contribution in [-0.4, -0.2) is 29.5 Å². The summed E-state index contributed by atoms with van der Waals surface area (Å²) in [5.74, 6) is 0.735. The van der Waals surface area contributed by atoms with Crippen LogP contribution in [0, 0.1) is 5.92 Å². The number of nitrogens with zero attached hydrogens (tertiary/aromatic N) is 1. The van der Waals surface area contributed by atoms with Crippen LogP contribution in [0.2, 0.25) is 0 Å². The highest BCUT2D eigenvalue weighted by atomic mass is 35.5. The van der Waals surface area contributed by atoms with E-state index in [1.54, 1.807) is 0 Å². The lowest BCUT2D eigenvalue weighted by atomic mass is 9.96. The van der Waals surface area contributed by atoms with Gasteiger partial charge in [0.25, 0.3) is 0 Å².